The smallest absolute Gasteiger partial charge is 0.266 e. The first-order valence-electron chi connectivity index (χ1n) is 29.5. The van der Waals surface area contributed by atoms with Gasteiger partial charge in [-0.05, 0) is 154 Å². The number of rotatable bonds is 12. The standard InChI is InChI=1S/C80H52N2O6/c83-77-69-29-13-27-67-73(69)71(79(85)81(77)65-25-11-23-57(45-65)61-41-39-59(43-61)55-19-7-8-20-55)47-63(75(67)87-49-53-15-3-1-4-16-53)37-35-51-31-33-52(34-32-51)36-38-64-48-72-74-68(76(64)88-50-54-17-5-2-6-18-54)28-14-30-70(74)78(84)82(80(72)86)66-26-12-24-58(46-66)62-42-40-60(44-62)56-21-9-10-22-56/h1-7,9,11-34,39-41,44-48H,8,10,42-43,49-50H2. The number of carbonyl (C=O) groups is 4. The van der Waals surface area contributed by atoms with Gasteiger partial charge in [0.1, 0.15) is 24.7 Å². The van der Waals surface area contributed by atoms with Crippen LogP contribution in [-0.2, 0) is 13.2 Å². The summed E-state index contributed by atoms with van der Waals surface area (Å²) < 4.78 is 13.3. The van der Waals surface area contributed by atoms with E-state index in [1.54, 1.807) is 24.3 Å². The molecule has 6 aliphatic rings. The van der Waals surface area contributed by atoms with Gasteiger partial charge >= 0.3 is 0 Å². The van der Waals surface area contributed by atoms with Crippen LogP contribution in [-0.4, -0.2) is 23.6 Å². The lowest BCUT2D eigenvalue weighted by Gasteiger charge is -2.28. The Labute approximate surface area is 509 Å². The molecule has 0 spiro atoms. The van der Waals surface area contributed by atoms with Crippen LogP contribution in [0.25, 0.3) is 32.7 Å². The second kappa shape index (κ2) is 22.4. The summed E-state index contributed by atoms with van der Waals surface area (Å²) in [6.07, 6.45) is 25.1. The minimum Gasteiger partial charge on any atom is -0.487 e. The third-order valence-corrected chi connectivity index (χ3v) is 16.9. The molecule has 8 heteroatoms. The van der Waals surface area contributed by atoms with E-state index in [1.807, 2.05) is 158 Å². The van der Waals surface area contributed by atoms with Gasteiger partial charge in [-0.2, -0.15) is 0 Å². The summed E-state index contributed by atoms with van der Waals surface area (Å²) in [5.41, 5.74) is 15.7. The van der Waals surface area contributed by atoms with Gasteiger partial charge in [-0.15, -0.1) is 0 Å². The van der Waals surface area contributed by atoms with E-state index < -0.39 is 23.6 Å². The fourth-order valence-electron chi connectivity index (χ4n) is 12.5. The van der Waals surface area contributed by atoms with Crippen molar-refractivity contribution in [1.29, 1.82) is 0 Å². The number of carbonyl (C=O) groups excluding carboxylic acids is 4. The lowest BCUT2D eigenvalue weighted by atomic mass is 9.90. The van der Waals surface area contributed by atoms with Gasteiger partial charge in [-0.3, -0.25) is 19.2 Å². The molecule has 15 rings (SSSR count). The van der Waals surface area contributed by atoms with Crippen molar-refractivity contribution in [2.75, 3.05) is 9.80 Å². The molecule has 2 heterocycles. The fourth-order valence-corrected chi connectivity index (χ4v) is 12.5. The molecule has 9 aromatic rings. The van der Waals surface area contributed by atoms with Gasteiger partial charge in [0.15, 0.2) is 0 Å². The Hall–Kier alpha value is -11.6. The van der Waals surface area contributed by atoms with E-state index in [4.69, 9.17) is 9.47 Å². The van der Waals surface area contributed by atoms with Crippen LogP contribution < -0.4 is 19.3 Å². The molecular formula is C80H52N2O6. The van der Waals surface area contributed by atoms with Gasteiger partial charge in [0, 0.05) is 43.8 Å². The first-order chi connectivity index (χ1) is 43.3. The summed E-state index contributed by atoms with van der Waals surface area (Å²) in [5, 5.41) is 2.27. The van der Waals surface area contributed by atoms with E-state index in [0.29, 0.717) is 88.9 Å². The SMILES string of the molecule is O=C1c2cccc3c(OCc4ccccc4)c(C#Cc4ccc(C#Cc5cc6c7c(cccc7c5OCc5ccccc5)C(=O)N(c5cccc(C7=CC=C(C8=CCC=C8)C7)c5)C6=O)cc4)cc(c23)C(=O)N1c1cccc(C2=CC(C3=CCC=C3)=CC2)c1. The summed E-state index contributed by atoms with van der Waals surface area (Å²) in [6.45, 7) is 0.461. The quantitative estimate of drug-likeness (QED) is 0.0894. The zero-order valence-electron chi connectivity index (χ0n) is 47.7. The molecule has 0 saturated heterocycles. The molecule has 0 bridgehead atoms. The predicted octanol–water partition coefficient (Wildman–Crippen LogP) is 16.8. The second-order valence-electron chi connectivity index (χ2n) is 22.4. The van der Waals surface area contributed by atoms with Gasteiger partial charge in [0.25, 0.3) is 23.6 Å². The molecule has 0 fully saturated rings. The molecule has 0 saturated carbocycles. The number of anilines is 2. The highest BCUT2D eigenvalue weighted by Crippen LogP contribution is 2.44. The van der Waals surface area contributed by atoms with Gasteiger partial charge in [-0.1, -0.05) is 194 Å². The predicted molar refractivity (Wildman–Crippen MR) is 348 cm³/mol. The summed E-state index contributed by atoms with van der Waals surface area (Å²) in [4.78, 5) is 61.7. The Balaban J connectivity index is 0.756. The number of imide groups is 2. The Bertz CT molecular complexity index is 4930. The Morgan fingerprint density at radius 1 is 0.409 bits per heavy atom. The van der Waals surface area contributed by atoms with Gasteiger partial charge in [-0.25, -0.2) is 9.80 Å². The maximum Gasteiger partial charge on any atom is 0.266 e. The van der Waals surface area contributed by atoms with Crippen molar-refractivity contribution in [2.24, 2.45) is 0 Å². The maximum atomic E-state index is 14.9. The number of benzene rings is 9. The molecule has 8 nitrogen and oxygen atoms in total. The highest BCUT2D eigenvalue weighted by molar-refractivity contribution is 6.37. The molecule has 9 aromatic carbocycles. The third kappa shape index (κ3) is 9.79. The van der Waals surface area contributed by atoms with E-state index in [1.165, 1.54) is 32.1 Å². The largest absolute Gasteiger partial charge is 0.487 e. The maximum absolute atomic E-state index is 14.9. The average molecular weight is 1140 g/mol. The van der Waals surface area contributed by atoms with Crippen LogP contribution in [0, 0.1) is 23.7 Å². The minimum absolute atomic E-state index is 0.230. The fraction of sp³-hybridized carbons (Fsp3) is 0.0750. The Kier molecular flexibility index (Phi) is 13.6. The first kappa shape index (κ1) is 53.2. The number of amides is 4. The number of hydrogen-bond donors (Lipinski definition) is 0. The summed E-state index contributed by atoms with van der Waals surface area (Å²) >= 11 is 0. The Morgan fingerprint density at radius 2 is 0.886 bits per heavy atom. The second-order valence-corrected chi connectivity index (χ2v) is 22.4. The molecule has 2 aliphatic heterocycles. The molecule has 0 aromatic heterocycles. The van der Waals surface area contributed by atoms with Crippen molar-refractivity contribution < 1.29 is 28.7 Å². The van der Waals surface area contributed by atoms with E-state index in [-0.39, 0.29) is 13.2 Å². The van der Waals surface area contributed by atoms with E-state index in [2.05, 4.69) is 84.4 Å². The summed E-state index contributed by atoms with van der Waals surface area (Å²) in [5.74, 6) is 12.6. The topological polar surface area (TPSA) is 93.2 Å². The zero-order valence-corrected chi connectivity index (χ0v) is 47.7. The number of allylic oxidation sites excluding steroid dienone is 16. The number of nitrogens with zero attached hydrogens (tertiary/aromatic N) is 2. The van der Waals surface area contributed by atoms with Gasteiger partial charge in [0.05, 0.1) is 33.6 Å². The van der Waals surface area contributed by atoms with Crippen LogP contribution in [0.5, 0.6) is 11.5 Å². The normalized spacial score (nSPS) is 15.4. The highest BCUT2D eigenvalue weighted by Gasteiger charge is 2.38. The molecule has 0 unspecified atom stereocenters. The van der Waals surface area contributed by atoms with Crippen molar-refractivity contribution in [2.45, 2.75) is 38.9 Å². The molecule has 88 heavy (non-hydrogen) atoms. The molecule has 4 amide bonds. The molecule has 4 aliphatic carbocycles. The van der Waals surface area contributed by atoms with Crippen LogP contribution in [0.1, 0.15) is 112 Å². The van der Waals surface area contributed by atoms with Crippen LogP contribution in [0.15, 0.2) is 265 Å². The average Bonchev–Trinajstić information content (AvgIpc) is 2.69. The van der Waals surface area contributed by atoms with E-state index in [0.717, 1.165) is 59.1 Å². The van der Waals surface area contributed by atoms with Gasteiger partial charge < -0.3 is 9.47 Å². The molecular weight excluding hydrogens is 1080 g/mol. The van der Waals surface area contributed by atoms with Crippen LogP contribution in [0.2, 0.25) is 0 Å². The molecule has 0 atom stereocenters. The van der Waals surface area contributed by atoms with Crippen molar-refractivity contribution in [1.82, 2.24) is 0 Å². The van der Waals surface area contributed by atoms with Crippen molar-refractivity contribution in [3.63, 3.8) is 0 Å². The first-order valence-corrected chi connectivity index (χ1v) is 29.5. The summed E-state index contributed by atoms with van der Waals surface area (Å²) in [7, 11) is 0. The minimum atomic E-state index is -0.448. The van der Waals surface area contributed by atoms with E-state index >= 15 is 0 Å². The lowest BCUT2D eigenvalue weighted by Crippen LogP contribution is -2.40. The molecule has 0 N–H and O–H groups in total. The third-order valence-electron chi connectivity index (χ3n) is 16.9. The number of ether oxygens (including phenoxy) is 2. The van der Waals surface area contributed by atoms with Crippen molar-refractivity contribution >= 4 is 67.7 Å². The van der Waals surface area contributed by atoms with Crippen molar-refractivity contribution in [3.8, 4) is 35.2 Å². The highest BCUT2D eigenvalue weighted by atomic mass is 16.5. The van der Waals surface area contributed by atoms with Gasteiger partial charge in [0.2, 0.25) is 0 Å². The Morgan fingerprint density at radius 3 is 1.40 bits per heavy atom. The number of hydrogen-bond acceptors (Lipinski definition) is 6. The van der Waals surface area contributed by atoms with Crippen LogP contribution >= 0.6 is 0 Å². The van der Waals surface area contributed by atoms with E-state index in [9.17, 15) is 19.2 Å². The van der Waals surface area contributed by atoms with Crippen LogP contribution in [0.3, 0.4) is 0 Å². The van der Waals surface area contributed by atoms with Crippen molar-refractivity contribution in [3.05, 3.63) is 332 Å². The molecule has 418 valence electrons. The summed E-state index contributed by atoms with van der Waals surface area (Å²) in [6, 6.07) is 56.9. The lowest BCUT2D eigenvalue weighted by molar-refractivity contribution is 0.0877. The monoisotopic (exact) mass is 1140 g/mol. The molecule has 0 radical (unpaired) electrons. The van der Waals surface area contributed by atoms with Crippen LogP contribution in [0.4, 0.5) is 11.4 Å². The zero-order chi connectivity index (χ0) is 59.2.